The summed E-state index contributed by atoms with van der Waals surface area (Å²) in [6, 6.07) is 7.53. The SMILES string of the molecule is N#Cc1c(Br)cccc1NCCn1cc(C(=O)O)nn1. The van der Waals surface area contributed by atoms with Crippen LogP contribution in [0.5, 0.6) is 0 Å². The van der Waals surface area contributed by atoms with E-state index in [-0.39, 0.29) is 5.69 Å². The average molecular weight is 336 g/mol. The van der Waals surface area contributed by atoms with Crippen molar-refractivity contribution in [3.05, 3.63) is 40.1 Å². The van der Waals surface area contributed by atoms with Crippen molar-refractivity contribution in [1.29, 1.82) is 5.26 Å². The molecule has 1 heterocycles. The van der Waals surface area contributed by atoms with Gasteiger partial charge in [-0.3, -0.25) is 0 Å². The molecule has 7 nitrogen and oxygen atoms in total. The van der Waals surface area contributed by atoms with E-state index in [2.05, 4.69) is 37.6 Å². The zero-order valence-electron chi connectivity index (χ0n) is 10.2. The van der Waals surface area contributed by atoms with E-state index < -0.39 is 5.97 Å². The Labute approximate surface area is 123 Å². The van der Waals surface area contributed by atoms with Crippen LogP contribution in [0.2, 0.25) is 0 Å². The van der Waals surface area contributed by atoms with Gasteiger partial charge >= 0.3 is 5.97 Å². The number of carbonyl (C=O) groups is 1. The summed E-state index contributed by atoms with van der Waals surface area (Å²) in [6.07, 6.45) is 1.36. The Bertz CT molecular complexity index is 677. The first-order valence-electron chi connectivity index (χ1n) is 5.67. The second-order valence-electron chi connectivity index (χ2n) is 3.87. The topological polar surface area (TPSA) is 104 Å². The monoisotopic (exact) mass is 335 g/mol. The van der Waals surface area contributed by atoms with Crippen LogP contribution in [-0.2, 0) is 6.54 Å². The van der Waals surface area contributed by atoms with E-state index in [0.29, 0.717) is 24.3 Å². The number of halogens is 1. The minimum atomic E-state index is -1.11. The van der Waals surface area contributed by atoms with Crippen LogP contribution in [0.1, 0.15) is 16.1 Å². The summed E-state index contributed by atoms with van der Waals surface area (Å²) in [5.74, 6) is -1.11. The van der Waals surface area contributed by atoms with Crippen molar-refractivity contribution in [3.63, 3.8) is 0 Å². The van der Waals surface area contributed by atoms with E-state index in [9.17, 15) is 4.79 Å². The van der Waals surface area contributed by atoms with Crippen molar-refractivity contribution in [2.24, 2.45) is 0 Å². The lowest BCUT2D eigenvalue weighted by atomic mass is 10.2. The Morgan fingerprint density at radius 1 is 1.55 bits per heavy atom. The van der Waals surface area contributed by atoms with Gasteiger partial charge in [-0.05, 0) is 28.1 Å². The van der Waals surface area contributed by atoms with Gasteiger partial charge in [0, 0.05) is 11.0 Å². The number of anilines is 1. The molecule has 8 heteroatoms. The fourth-order valence-electron chi connectivity index (χ4n) is 1.60. The summed E-state index contributed by atoms with van der Waals surface area (Å²) in [7, 11) is 0. The highest BCUT2D eigenvalue weighted by Crippen LogP contribution is 2.23. The number of nitrogens with one attached hydrogen (secondary N) is 1. The molecule has 0 radical (unpaired) electrons. The van der Waals surface area contributed by atoms with E-state index >= 15 is 0 Å². The molecule has 0 aliphatic carbocycles. The van der Waals surface area contributed by atoms with Gasteiger partial charge in [-0.25, -0.2) is 9.48 Å². The van der Waals surface area contributed by atoms with Gasteiger partial charge in [0.2, 0.25) is 0 Å². The maximum Gasteiger partial charge on any atom is 0.358 e. The van der Waals surface area contributed by atoms with Crippen molar-refractivity contribution in [3.8, 4) is 6.07 Å². The smallest absolute Gasteiger partial charge is 0.358 e. The fraction of sp³-hybridized carbons (Fsp3) is 0.167. The van der Waals surface area contributed by atoms with Gasteiger partial charge in [-0.1, -0.05) is 11.3 Å². The van der Waals surface area contributed by atoms with Crippen LogP contribution < -0.4 is 5.32 Å². The van der Waals surface area contributed by atoms with Crippen molar-refractivity contribution in [2.45, 2.75) is 6.54 Å². The molecular weight excluding hydrogens is 326 g/mol. The average Bonchev–Trinajstić information content (AvgIpc) is 2.88. The summed E-state index contributed by atoms with van der Waals surface area (Å²) in [5, 5.41) is 28.1. The third kappa shape index (κ3) is 3.13. The number of nitriles is 1. The highest BCUT2D eigenvalue weighted by molar-refractivity contribution is 9.10. The van der Waals surface area contributed by atoms with Crippen LogP contribution in [0.15, 0.2) is 28.9 Å². The number of hydrogen-bond acceptors (Lipinski definition) is 5. The van der Waals surface area contributed by atoms with Gasteiger partial charge in [-0.15, -0.1) is 5.10 Å². The van der Waals surface area contributed by atoms with Crippen molar-refractivity contribution in [1.82, 2.24) is 15.0 Å². The minimum absolute atomic E-state index is 0.0924. The molecule has 0 aliphatic rings. The lowest BCUT2D eigenvalue weighted by Gasteiger charge is -2.08. The highest BCUT2D eigenvalue weighted by atomic mass is 79.9. The largest absolute Gasteiger partial charge is 0.476 e. The van der Waals surface area contributed by atoms with Gasteiger partial charge in [0.1, 0.15) is 6.07 Å². The number of rotatable bonds is 5. The molecule has 2 N–H and O–H groups in total. The second kappa shape index (κ2) is 6.16. The molecule has 0 aliphatic heterocycles. The van der Waals surface area contributed by atoms with Crippen molar-refractivity contribution < 1.29 is 9.90 Å². The fourth-order valence-corrected chi connectivity index (χ4v) is 2.05. The molecular formula is C12H10BrN5O2. The van der Waals surface area contributed by atoms with Gasteiger partial charge in [0.25, 0.3) is 0 Å². The number of aromatic nitrogens is 3. The van der Waals surface area contributed by atoms with Crippen LogP contribution >= 0.6 is 15.9 Å². The Balaban J connectivity index is 1.98. The van der Waals surface area contributed by atoms with Gasteiger partial charge in [0.05, 0.1) is 24.0 Å². The summed E-state index contributed by atoms with van der Waals surface area (Å²) in [5.41, 5.74) is 1.14. The van der Waals surface area contributed by atoms with E-state index in [4.69, 9.17) is 10.4 Å². The molecule has 102 valence electrons. The molecule has 0 atom stereocenters. The van der Waals surface area contributed by atoms with Gasteiger partial charge < -0.3 is 10.4 Å². The zero-order valence-corrected chi connectivity index (χ0v) is 11.8. The molecule has 0 spiro atoms. The third-order valence-electron chi connectivity index (χ3n) is 2.54. The van der Waals surface area contributed by atoms with E-state index in [1.54, 1.807) is 12.1 Å². The minimum Gasteiger partial charge on any atom is -0.476 e. The summed E-state index contributed by atoms with van der Waals surface area (Å²) >= 11 is 3.31. The Morgan fingerprint density at radius 3 is 3.00 bits per heavy atom. The molecule has 1 aromatic carbocycles. The molecule has 2 rings (SSSR count). The third-order valence-corrected chi connectivity index (χ3v) is 3.20. The van der Waals surface area contributed by atoms with Crippen LogP contribution in [0, 0.1) is 11.3 Å². The predicted molar refractivity (Wildman–Crippen MR) is 74.3 cm³/mol. The summed E-state index contributed by atoms with van der Waals surface area (Å²) in [4.78, 5) is 10.7. The number of benzene rings is 1. The van der Waals surface area contributed by atoms with Crippen LogP contribution in [-0.4, -0.2) is 32.6 Å². The standard InChI is InChI=1S/C12H10BrN5O2/c13-9-2-1-3-10(8(9)6-14)15-4-5-18-7-11(12(19)20)16-17-18/h1-3,7,15H,4-5H2,(H,19,20). The Morgan fingerprint density at radius 2 is 2.35 bits per heavy atom. The van der Waals surface area contributed by atoms with Crippen molar-refractivity contribution in [2.75, 3.05) is 11.9 Å². The molecule has 0 saturated carbocycles. The molecule has 0 unspecified atom stereocenters. The first kappa shape index (κ1) is 14.0. The molecule has 20 heavy (non-hydrogen) atoms. The number of nitrogens with zero attached hydrogens (tertiary/aromatic N) is 4. The molecule has 2 aromatic rings. The molecule has 0 bridgehead atoms. The van der Waals surface area contributed by atoms with E-state index in [0.717, 1.165) is 4.47 Å². The predicted octanol–water partition coefficient (Wildman–Crippen LogP) is 1.72. The lowest BCUT2D eigenvalue weighted by Crippen LogP contribution is -2.12. The summed E-state index contributed by atoms with van der Waals surface area (Å²) in [6.45, 7) is 0.936. The molecule has 0 amide bonds. The second-order valence-corrected chi connectivity index (χ2v) is 4.73. The van der Waals surface area contributed by atoms with Crippen molar-refractivity contribution >= 4 is 27.6 Å². The Hall–Kier alpha value is -2.40. The van der Waals surface area contributed by atoms with Gasteiger partial charge in [-0.2, -0.15) is 5.26 Å². The normalized spacial score (nSPS) is 10.0. The first-order chi connectivity index (χ1) is 9.61. The molecule has 0 fully saturated rings. The molecule has 0 saturated heterocycles. The quantitative estimate of drug-likeness (QED) is 0.862. The highest BCUT2D eigenvalue weighted by Gasteiger charge is 2.08. The van der Waals surface area contributed by atoms with E-state index in [1.807, 2.05) is 6.07 Å². The van der Waals surface area contributed by atoms with Crippen LogP contribution in [0.25, 0.3) is 0 Å². The van der Waals surface area contributed by atoms with E-state index in [1.165, 1.54) is 10.9 Å². The molecule has 1 aromatic heterocycles. The van der Waals surface area contributed by atoms with Crippen LogP contribution in [0.3, 0.4) is 0 Å². The van der Waals surface area contributed by atoms with Crippen LogP contribution in [0.4, 0.5) is 5.69 Å². The van der Waals surface area contributed by atoms with Gasteiger partial charge in [0.15, 0.2) is 5.69 Å². The number of aromatic carboxylic acids is 1. The number of hydrogen-bond donors (Lipinski definition) is 2. The number of carboxylic acid groups (broad SMARTS) is 1. The maximum absolute atomic E-state index is 10.7. The maximum atomic E-state index is 10.7. The zero-order chi connectivity index (χ0) is 14.5. The summed E-state index contributed by atoms with van der Waals surface area (Å²) < 4.78 is 2.15. The number of carboxylic acids is 1. The Kier molecular flexibility index (Phi) is 4.32. The first-order valence-corrected chi connectivity index (χ1v) is 6.47. The lowest BCUT2D eigenvalue weighted by molar-refractivity contribution is 0.0690.